The zero-order valence-electron chi connectivity index (χ0n) is 11.6. The fourth-order valence-corrected chi connectivity index (χ4v) is 2.98. The van der Waals surface area contributed by atoms with Crippen molar-refractivity contribution in [2.75, 3.05) is 19.8 Å². The molecule has 1 aliphatic heterocycles. The number of nitrogens with zero attached hydrogens (tertiary/aromatic N) is 1. The molecule has 0 aromatic carbocycles. The normalized spacial score (nSPS) is 23.9. The molecule has 0 radical (unpaired) electrons. The van der Waals surface area contributed by atoms with Gasteiger partial charge in [-0.1, -0.05) is 11.8 Å². The number of morpholine rings is 1. The third kappa shape index (κ3) is 4.32. The Hall–Kier alpha value is -0.860. The molecule has 1 fully saturated rings. The van der Waals surface area contributed by atoms with Crippen LogP contribution < -0.4 is 0 Å². The Kier molecular flexibility index (Phi) is 5.41. The van der Waals surface area contributed by atoms with Crippen LogP contribution in [0.5, 0.6) is 0 Å². The number of aliphatic hydroxyl groups is 1. The average molecular weight is 279 g/mol. The van der Waals surface area contributed by atoms with E-state index in [-0.39, 0.29) is 6.61 Å². The molecule has 3 nitrogen and oxygen atoms in total. The van der Waals surface area contributed by atoms with Crippen LogP contribution in [-0.2, 0) is 11.3 Å². The first kappa shape index (κ1) is 14.5. The number of aliphatic hydroxyl groups excluding tert-OH is 1. The molecule has 104 valence electrons. The van der Waals surface area contributed by atoms with Gasteiger partial charge < -0.3 is 9.84 Å². The van der Waals surface area contributed by atoms with E-state index >= 15 is 0 Å². The van der Waals surface area contributed by atoms with Crippen molar-refractivity contribution in [3.05, 3.63) is 21.9 Å². The van der Waals surface area contributed by atoms with Gasteiger partial charge in [0.25, 0.3) is 0 Å². The van der Waals surface area contributed by atoms with Gasteiger partial charge in [-0.25, -0.2) is 0 Å². The van der Waals surface area contributed by atoms with Crippen LogP contribution in [0.2, 0.25) is 0 Å². The molecule has 1 aromatic rings. The summed E-state index contributed by atoms with van der Waals surface area (Å²) in [7, 11) is 0. The number of rotatable bonds is 3. The fourth-order valence-electron chi connectivity index (χ4n) is 2.14. The van der Waals surface area contributed by atoms with Gasteiger partial charge in [0.15, 0.2) is 0 Å². The number of ether oxygens (including phenoxy) is 1. The van der Waals surface area contributed by atoms with Gasteiger partial charge in [0.1, 0.15) is 0 Å². The second kappa shape index (κ2) is 7.06. The van der Waals surface area contributed by atoms with Crippen molar-refractivity contribution in [2.24, 2.45) is 0 Å². The minimum Gasteiger partial charge on any atom is -0.395 e. The predicted octanol–water partition coefficient (Wildman–Crippen LogP) is 2.09. The number of thiophene rings is 1. The summed E-state index contributed by atoms with van der Waals surface area (Å²) in [6.45, 7) is 7.25. The van der Waals surface area contributed by atoms with Crippen molar-refractivity contribution in [2.45, 2.75) is 39.0 Å². The van der Waals surface area contributed by atoms with Crippen LogP contribution in [0.1, 0.15) is 30.7 Å². The monoisotopic (exact) mass is 279 g/mol. The lowest BCUT2D eigenvalue weighted by molar-refractivity contribution is -0.0523. The molecule has 19 heavy (non-hydrogen) atoms. The van der Waals surface area contributed by atoms with Gasteiger partial charge in [-0.05, 0) is 19.9 Å². The molecule has 1 aliphatic rings. The minimum atomic E-state index is 0.132. The van der Waals surface area contributed by atoms with Crippen LogP contribution in [0.3, 0.4) is 0 Å². The molecular formula is C15H21NO2S. The lowest BCUT2D eigenvalue weighted by Crippen LogP contribution is -2.46. The van der Waals surface area contributed by atoms with E-state index in [2.05, 4.69) is 42.0 Å². The maximum atomic E-state index is 8.70. The first-order valence-electron chi connectivity index (χ1n) is 6.72. The van der Waals surface area contributed by atoms with Crippen LogP contribution in [0.25, 0.3) is 0 Å². The van der Waals surface area contributed by atoms with Crippen molar-refractivity contribution in [3.8, 4) is 11.8 Å². The van der Waals surface area contributed by atoms with Crippen LogP contribution in [0, 0.1) is 11.8 Å². The van der Waals surface area contributed by atoms with Gasteiger partial charge in [0, 0.05) is 41.4 Å². The highest BCUT2D eigenvalue weighted by molar-refractivity contribution is 7.10. The van der Waals surface area contributed by atoms with Gasteiger partial charge in [-0.15, -0.1) is 11.3 Å². The summed E-state index contributed by atoms with van der Waals surface area (Å²) < 4.78 is 5.64. The van der Waals surface area contributed by atoms with E-state index < -0.39 is 0 Å². The first-order valence-corrected chi connectivity index (χ1v) is 7.60. The lowest BCUT2D eigenvalue weighted by Gasteiger charge is -2.36. The van der Waals surface area contributed by atoms with E-state index in [9.17, 15) is 0 Å². The Labute approximate surface area is 119 Å². The van der Waals surface area contributed by atoms with Gasteiger partial charge >= 0.3 is 0 Å². The van der Waals surface area contributed by atoms with Gasteiger partial charge in [-0.2, -0.15) is 0 Å². The SMILES string of the molecule is CC1CN(Cc2cc(C#CCCO)cs2)C(C)CO1. The second-order valence-electron chi connectivity index (χ2n) is 5.00. The Morgan fingerprint density at radius 2 is 2.37 bits per heavy atom. The summed E-state index contributed by atoms with van der Waals surface area (Å²) in [5, 5.41) is 10.8. The fraction of sp³-hybridized carbons (Fsp3) is 0.600. The highest BCUT2D eigenvalue weighted by Crippen LogP contribution is 2.20. The summed E-state index contributed by atoms with van der Waals surface area (Å²) in [6, 6.07) is 2.63. The number of hydrogen-bond donors (Lipinski definition) is 1. The minimum absolute atomic E-state index is 0.132. The molecule has 4 heteroatoms. The van der Waals surface area contributed by atoms with E-state index in [4.69, 9.17) is 9.84 Å². The molecule has 2 heterocycles. The second-order valence-corrected chi connectivity index (χ2v) is 6.00. The Morgan fingerprint density at radius 3 is 3.16 bits per heavy atom. The Morgan fingerprint density at radius 1 is 1.53 bits per heavy atom. The van der Waals surface area contributed by atoms with E-state index in [1.165, 1.54) is 4.88 Å². The molecule has 0 spiro atoms. The summed E-state index contributed by atoms with van der Waals surface area (Å²) in [4.78, 5) is 3.81. The summed E-state index contributed by atoms with van der Waals surface area (Å²) in [6.07, 6.45) is 0.864. The van der Waals surface area contributed by atoms with E-state index in [0.29, 0.717) is 18.6 Å². The van der Waals surface area contributed by atoms with Crippen molar-refractivity contribution in [3.63, 3.8) is 0 Å². The first-order chi connectivity index (χ1) is 9.19. The third-order valence-electron chi connectivity index (χ3n) is 3.22. The summed E-state index contributed by atoms with van der Waals surface area (Å²) >= 11 is 1.76. The predicted molar refractivity (Wildman–Crippen MR) is 78.2 cm³/mol. The van der Waals surface area contributed by atoms with Crippen molar-refractivity contribution in [1.29, 1.82) is 0 Å². The van der Waals surface area contributed by atoms with Crippen LogP contribution in [0.15, 0.2) is 11.4 Å². The standard InChI is InChI=1S/C15H21NO2S/c1-12-10-18-13(2)8-16(12)9-15-7-14(11-19-15)5-3-4-6-17/h7,11-13,17H,4,6,8-10H2,1-2H3. The van der Waals surface area contributed by atoms with Gasteiger partial charge in [-0.3, -0.25) is 4.90 Å². The van der Waals surface area contributed by atoms with Crippen molar-refractivity contribution < 1.29 is 9.84 Å². The van der Waals surface area contributed by atoms with E-state index in [0.717, 1.165) is 25.3 Å². The van der Waals surface area contributed by atoms with Crippen LogP contribution in [-0.4, -0.2) is 41.9 Å². The van der Waals surface area contributed by atoms with Crippen molar-refractivity contribution in [1.82, 2.24) is 4.90 Å². The van der Waals surface area contributed by atoms with E-state index in [1.54, 1.807) is 11.3 Å². The van der Waals surface area contributed by atoms with Crippen molar-refractivity contribution >= 4 is 11.3 Å². The maximum Gasteiger partial charge on any atom is 0.0674 e. The average Bonchev–Trinajstić information content (AvgIpc) is 2.82. The molecule has 1 N–H and O–H groups in total. The highest BCUT2D eigenvalue weighted by atomic mass is 32.1. The largest absolute Gasteiger partial charge is 0.395 e. The molecular weight excluding hydrogens is 258 g/mol. The molecule has 1 saturated heterocycles. The smallest absolute Gasteiger partial charge is 0.0674 e. The Bertz CT molecular complexity index is 460. The molecule has 2 rings (SSSR count). The van der Waals surface area contributed by atoms with E-state index in [1.807, 2.05) is 0 Å². The molecule has 0 aliphatic carbocycles. The quantitative estimate of drug-likeness (QED) is 0.860. The molecule has 1 aromatic heterocycles. The molecule has 0 saturated carbocycles. The molecule has 2 atom stereocenters. The molecule has 0 bridgehead atoms. The van der Waals surface area contributed by atoms with Crippen LogP contribution in [0.4, 0.5) is 0 Å². The highest BCUT2D eigenvalue weighted by Gasteiger charge is 2.23. The zero-order chi connectivity index (χ0) is 13.7. The summed E-state index contributed by atoms with van der Waals surface area (Å²) in [5.41, 5.74) is 1.06. The molecule has 0 amide bonds. The Balaban J connectivity index is 1.94. The van der Waals surface area contributed by atoms with Gasteiger partial charge in [0.2, 0.25) is 0 Å². The summed E-state index contributed by atoms with van der Waals surface area (Å²) in [5.74, 6) is 6.04. The maximum absolute atomic E-state index is 8.70. The molecule has 2 unspecified atom stereocenters. The van der Waals surface area contributed by atoms with Crippen LogP contribution >= 0.6 is 11.3 Å². The lowest BCUT2D eigenvalue weighted by atomic mass is 10.2. The van der Waals surface area contributed by atoms with Gasteiger partial charge in [0.05, 0.1) is 19.3 Å². The number of hydrogen-bond acceptors (Lipinski definition) is 4. The topological polar surface area (TPSA) is 32.7 Å². The zero-order valence-corrected chi connectivity index (χ0v) is 12.4. The third-order valence-corrected chi connectivity index (χ3v) is 4.14.